The van der Waals surface area contributed by atoms with Gasteiger partial charge in [-0.1, -0.05) is 0 Å². The van der Waals surface area contributed by atoms with Gasteiger partial charge in [0.2, 0.25) is 0 Å². The molecule has 0 bridgehead atoms. The monoisotopic (exact) mass is 274 g/mol. The van der Waals surface area contributed by atoms with Crippen LogP contribution in [-0.4, -0.2) is 4.98 Å². The van der Waals surface area contributed by atoms with E-state index >= 15 is 0 Å². The van der Waals surface area contributed by atoms with Crippen LogP contribution in [0.4, 0.5) is 5.69 Å². The summed E-state index contributed by atoms with van der Waals surface area (Å²) in [5.41, 5.74) is 8.95. The second kappa shape index (κ2) is 5.21. The highest BCUT2D eigenvalue weighted by Crippen LogP contribution is 2.27. The summed E-state index contributed by atoms with van der Waals surface area (Å²) in [7, 11) is 0. The van der Waals surface area contributed by atoms with Crippen LogP contribution in [0.3, 0.4) is 0 Å². The van der Waals surface area contributed by atoms with Crippen LogP contribution in [0.2, 0.25) is 0 Å². The van der Waals surface area contributed by atoms with E-state index in [9.17, 15) is 0 Å². The Kier molecular flexibility index (Phi) is 3.42. The predicted molar refractivity (Wildman–Crippen MR) is 78.7 cm³/mol. The summed E-state index contributed by atoms with van der Waals surface area (Å²) in [5, 5.41) is 1.08. The van der Waals surface area contributed by atoms with Gasteiger partial charge in [-0.3, -0.25) is 0 Å². The predicted octanol–water partition coefficient (Wildman–Crippen LogP) is 3.49. The molecule has 0 fully saturated rings. The quantitative estimate of drug-likeness (QED) is 0.872. The Morgan fingerprint density at radius 2 is 2.16 bits per heavy atom. The van der Waals surface area contributed by atoms with Crippen molar-refractivity contribution < 1.29 is 4.74 Å². The smallest absolute Gasteiger partial charge is 0.140 e. The molecule has 2 N–H and O–H groups in total. The number of aromatic nitrogens is 1. The highest BCUT2D eigenvalue weighted by molar-refractivity contribution is 7.11. The minimum absolute atomic E-state index is 0.557. The molecule has 0 unspecified atom stereocenters. The van der Waals surface area contributed by atoms with Gasteiger partial charge in [0.25, 0.3) is 0 Å². The lowest BCUT2D eigenvalue weighted by atomic mass is 10.0. The zero-order chi connectivity index (χ0) is 13.2. The van der Waals surface area contributed by atoms with Crippen molar-refractivity contribution in [2.75, 3.05) is 5.73 Å². The van der Waals surface area contributed by atoms with Gasteiger partial charge in [-0.15, -0.1) is 11.3 Å². The summed E-state index contributed by atoms with van der Waals surface area (Å²) in [6, 6.07) is 5.77. The van der Waals surface area contributed by atoms with Gasteiger partial charge >= 0.3 is 0 Å². The first-order valence-corrected chi connectivity index (χ1v) is 7.50. The molecule has 1 heterocycles. The maximum absolute atomic E-state index is 5.80. The van der Waals surface area contributed by atoms with Crippen LogP contribution < -0.4 is 10.5 Å². The van der Waals surface area contributed by atoms with Crippen molar-refractivity contribution in [2.45, 2.75) is 39.2 Å². The Bertz CT molecular complexity index is 568. The van der Waals surface area contributed by atoms with E-state index in [-0.39, 0.29) is 0 Å². The fourth-order valence-electron chi connectivity index (χ4n) is 2.35. The van der Waals surface area contributed by atoms with Crippen LogP contribution in [0, 0.1) is 6.92 Å². The molecule has 2 aromatic rings. The van der Waals surface area contributed by atoms with Crippen molar-refractivity contribution in [2.24, 2.45) is 0 Å². The Labute approximate surface area is 117 Å². The van der Waals surface area contributed by atoms with E-state index in [2.05, 4.69) is 4.98 Å². The van der Waals surface area contributed by atoms with Crippen LogP contribution in [0.1, 0.15) is 34.0 Å². The molecule has 0 radical (unpaired) electrons. The largest absolute Gasteiger partial charge is 0.486 e. The zero-order valence-corrected chi connectivity index (χ0v) is 11.9. The molecule has 4 heteroatoms. The summed E-state index contributed by atoms with van der Waals surface area (Å²) in [6.45, 7) is 2.55. The lowest BCUT2D eigenvalue weighted by molar-refractivity contribution is 0.305. The Hall–Kier alpha value is -1.55. The molecule has 3 rings (SSSR count). The highest BCUT2D eigenvalue weighted by Gasteiger charge is 2.15. The lowest BCUT2D eigenvalue weighted by Gasteiger charge is -2.06. The molecule has 0 saturated carbocycles. The van der Waals surface area contributed by atoms with Crippen molar-refractivity contribution in [3.05, 3.63) is 39.3 Å². The number of benzene rings is 1. The summed E-state index contributed by atoms with van der Waals surface area (Å²) in [5.74, 6) is 0.861. The van der Waals surface area contributed by atoms with Crippen LogP contribution in [0.25, 0.3) is 0 Å². The first-order chi connectivity index (χ1) is 9.22. The summed E-state index contributed by atoms with van der Waals surface area (Å²) < 4.78 is 5.80. The standard InChI is InChI=1S/C15H18N2OS/c1-10-8-11(6-7-12(10)16)18-9-15-17-13-4-2-3-5-14(13)19-15/h6-8H,2-5,9,16H2,1H3. The first kappa shape index (κ1) is 12.5. The molecular formula is C15H18N2OS. The number of hydrogen-bond donors (Lipinski definition) is 1. The molecule has 1 aliphatic rings. The van der Waals surface area contributed by atoms with Crippen LogP contribution in [-0.2, 0) is 19.4 Å². The molecule has 0 amide bonds. The lowest BCUT2D eigenvalue weighted by Crippen LogP contribution is -2.00. The number of aryl methyl sites for hydroxylation is 3. The molecule has 3 nitrogen and oxygen atoms in total. The van der Waals surface area contributed by atoms with Crippen LogP contribution in [0.15, 0.2) is 18.2 Å². The summed E-state index contributed by atoms with van der Waals surface area (Å²) in [6.07, 6.45) is 4.89. The normalized spacial score (nSPS) is 14.2. The molecule has 0 spiro atoms. The molecule has 19 heavy (non-hydrogen) atoms. The first-order valence-electron chi connectivity index (χ1n) is 6.69. The number of ether oxygens (including phenoxy) is 1. The van der Waals surface area contributed by atoms with Crippen molar-refractivity contribution in [1.82, 2.24) is 4.98 Å². The van der Waals surface area contributed by atoms with Gasteiger partial charge in [0.15, 0.2) is 0 Å². The molecular weight excluding hydrogens is 256 g/mol. The summed E-state index contributed by atoms with van der Waals surface area (Å²) in [4.78, 5) is 6.13. The Morgan fingerprint density at radius 1 is 1.32 bits per heavy atom. The molecule has 1 aliphatic carbocycles. The highest BCUT2D eigenvalue weighted by atomic mass is 32.1. The van der Waals surface area contributed by atoms with Gasteiger partial charge < -0.3 is 10.5 Å². The van der Waals surface area contributed by atoms with Crippen molar-refractivity contribution >= 4 is 17.0 Å². The maximum Gasteiger partial charge on any atom is 0.140 e. The number of nitrogens with zero attached hydrogens (tertiary/aromatic N) is 1. The van der Waals surface area contributed by atoms with E-state index in [1.165, 1.54) is 29.8 Å². The number of hydrogen-bond acceptors (Lipinski definition) is 4. The zero-order valence-electron chi connectivity index (χ0n) is 11.1. The average molecular weight is 274 g/mol. The number of nitrogens with two attached hydrogens (primary N) is 1. The molecule has 0 atom stereocenters. The van der Waals surface area contributed by atoms with Gasteiger partial charge in [0, 0.05) is 10.6 Å². The van der Waals surface area contributed by atoms with Gasteiger partial charge in [0.05, 0.1) is 5.69 Å². The number of anilines is 1. The van der Waals surface area contributed by atoms with Crippen molar-refractivity contribution in [1.29, 1.82) is 0 Å². The molecule has 100 valence electrons. The summed E-state index contributed by atoms with van der Waals surface area (Å²) >= 11 is 1.80. The molecule has 0 aliphatic heterocycles. The van der Waals surface area contributed by atoms with Crippen LogP contribution in [0.5, 0.6) is 5.75 Å². The number of nitrogen functional groups attached to an aromatic ring is 1. The second-order valence-corrected chi connectivity index (χ2v) is 6.16. The number of rotatable bonds is 3. The SMILES string of the molecule is Cc1cc(OCc2nc3c(s2)CCCC3)ccc1N. The third-order valence-electron chi connectivity index (χ3n) is 3.49. The van der Waals surface area contributed by atoms with E-state index in [1.807, 2.05) is 25.1 Å². The van der Waals surface area contributed by atoms with E-state index in [0.29, 0.717) is 6.61 Å². The molecule has 1 aromatic carbocycles. The van der Waals surface area contributed by atoms with Crippen molar-refractivity contribution in [3.8, 4) is 5.75 Å². The van der Waals surface area contributed by atoms with E-state index in [1.54, 1.807) is 11.3 Å². The number of fused-ring (bicyclic) bond motifs is 1. The minimum Gasteiger partial charge on any atom is -0.486 e. The number of thiazole rings is 1. The van der Waals surface area contributed by atoms with Crippen LogP contribution >= 0.6 is 11.3 Å². The topological polar surface area (TPSA) is 48.1 Å². The fraction of sp³-hybridized carbons (Fsp3) is 0.400. The Balaban J connectivity index is 1.68. The molecule has 1 aromatic heterocycles. The minimum atomic E-state index is 0.557. The fourth-order valence-corrected chi connectivity index (χ4v) is 3.42. The van der Waals surface area contributed by atoms with Gasteiger partial charge in [0.1, 0.15) is 17.4 Å². The van der Waals surface area contributed by atoms with Crippen molar-refractivity contribution in [3.63, 3.8) is 0 Å². The third-order valence-corrected chi connectivity index (χ3v) is 4.62. The average Bonchev–Trinajstić information content (AvgIpc) is 2.83. The van der Waals surface area contributed by atoms with E-state index in [0.717, 1.165) is 28.4 Å². The molecule has 0 saturated heterocycles. The second-order valence-electron chi connectivity index (χ2n) is 4.99. The Morgan fingerprint density at radius 3 is 2.95 bits per heavy atom. The van der Waals surface area contributed by atoms with Gasteiger partial charge in [-0.25, -0.2) is 4.98 Å². The van der Waals surface area contributed by atoms with E-state index < -0.39 is 0 Å². The van der Waals surface area contributed by atoms with E-state index in [4.69, 9.17) is 10.5 Å². The van der Waals surface area contributed by atoms with Gasteiger partial charge in [-0.05, 0) is 56.4 Å². The third kappa shape index (κ3) is 2.73. The maximum atomic E-state index is 5.80. The van der Waals surface area contributed by atoms with Gasteiger partial charge in [-0.2, -0.15) is 0 Å².